The molecule has 0 aliphatic rings. The molecular formula is C27H36N3O11P. The highest BCUT2D eigenvalue weighted by molar-refractivity contribution is 7.52. The largest absolute Gasteiger partial charge is 0.508 e. The fraction of sp³-hybridized carbons (Fsp3) is 0.407. The molecule has 2 aromatic carbocycles. The molecule has 0 saturated heterocycles. The zero-order valence-corrected chi connectivity index (χ0v) is 24.4. The minimum atomic E-state index is -4.19. The first-order valence-electron chi connectivity index (χ1n) is 12.9. The van der Waals surface area contributed by atoms with Crippen molar-refractivity contribution in [2.75, 3.05) is 47.1 Å². The number of nitrogens with zero attached hydrogens (tertiary/aromatic N) is 2. The summed E-state index contributed by atoms with van der Waals surface area (Å²) < 4.78 is 52.4. The van der Waals surface area contributed by atoms with Gasteiger partial charge in [-0.2, -0.15) is 0 Å². The first-order valence-corrected chi connectivity index (χ1v) is 14.4. The van der Waals surface area contributed by atoms with Gasteiger partial charge in [-0.1, -0.05) is 60.7 Å². The second-order valence-electron chi connectivity index (χ2n) is 8.48. The zero-order chi connectivity index (χ0) is 30.6. The SMILES string of the molecule is COC(=O)CN(C)C(N)=NP(=O)(OCCCOC(=O)OCc1ccccc1)OCCCOC(=O)OCc1ccccc1. The van der Waals surface area contributed by atoms with E-state index in [4.69, 9.17) is 33.7 Å². The number of hydrogen-bond acceptors (Lipinski definition) is 11. The Morgan fingerprint density at radius 2 is 1.21 bits per heavy atom. The minimum Gasteiger partial charge on any atom is -0.468 e. The van der Waals surface area contributed by atoms with E-state index < -0.39 is 26.0 Å². The Labute approximate surface area is 244 Å². The van der Waals surface area contributed by atoms with Crippen molar-refractivity contribution < 1.29 is 51.7 Å². The van der Waals surface area contributed by atoms with Crippen molar-refractivity contribution in [1.82, 2.24) is 4.90 Å². The second-order valence-corrected chi connectivity index (χ2v) is 10.1. The van der Waals surface area contributed by atoms with Crippen LogP contribution in [0.5, 0.6) is 0 Å². The van der Waals surface area contributed by atoms with Crippen LogP contribution >= 0.6 is 7.75 Å². The molecule has 0 aliphatic heterocycles. The van der Waals surface area contributed by atoms with E-state index in [1.165, 1.54) is 19.1 Å². The molecule has 2 aromatic rings. The predicted molar refractivity (Wildman–Crippen MR) is 150 cm³/mol. The molecule has 0 spiro atoms. The monoisotopic (exact) mass is 609 g/mol. The number of methoxy groups -OCH3 is 1. The number of likely N-dealkylation sites (N-methyl/N-ethyl adjacent to an activating group) is 1. The number of benzene rings is 2. The van der Waals surface area contributed by atoms with Crippen molar-refractivity contribution in [3.8, 4) is 0 Å². The standard InChI is InChI=1S/C27H36N3O11P/c1-30(19-24(31)35-2)25(28)29-42(34,40-17-9-15-36-26(32)38-20-22-11-5-3-6-12-22)41-18-10-16-37-27(33)39-21-23-13-7-4-8-14-23/h3-8,11-14H,9-10,15-21H2,1-2H3,(H2,28,29,34). The summed E-state index contributed by atoms with van der Waals surface area (Å²) in [6, 6.07) is 18.2. The number of esters is 1. The van der Waals surface area contributed by atoms with Gasteiger partial charge in [0.1, 0.15) is 19.8 Å². The van der Waals surface area contributed by atoms with Gasteiger partial charge in [-0.25, -0.2) is 14.2 Å². The van der Waals surface area contributed by atoms with Gasteiger partial charge in [0.25, 0.3) is 0 Å². The van der Waals surface area contributed by atoms with Gasteiger partial charge < -0.3 is 34.3 Å². The molecule has 0 unspecified atom stereocenters. The molecule has 2 N–H and O–H groups in total. The van der Waals surface area contributed by atoms with Gasteiger partial charge >= 0.3 is 26.0 Å². The maximum Gasteiger partial charge on any atom is 0.508 e. The first-order chi connectivity index (χ1) is 20.2. The van der Waals surface area contributed by atoms with Crippen LogP contribution in [0, 0.1) is 0 Å². The van der Waals surface area contributed by atoms with E-state index in [0.717, 1.165) is 11.1 Å². The molecule has 14 nitrogen and oxygen atoms in total. The first kappa shape index (κ1) is 34.1. The summed E-state index contributed by atoms with van der Waals surface area (Å²) >= 11 is 0. The van der Waals surface area contributed by atoms with Gasteiger partial charge in [0.15, 0.2) is 0 Å². The molecule has 2 rings (SSSR count). The lowest BCUT2D eigenvalue weighted by Gasteiger charge is -2.19. The highest BCUT2D eigenvalue weighted by atomic mass is 31.2. The summed E-state index contributed by atoms with van der Waals surface area (Å²) in [7, 11) is -1.55. The molecule has 0 atom stereocenters. The normalized spacial score (nSPS) is 11.3. The summed E-state index contributed by atoms with van der Waals surface area (Å²) in [6.07, 6.45) is -1.46. The molecule has 0 saturated carbocycles. The van der Waals surface area contributed by atoms with E-state index in [2.05, 4.69) is 9.50 Å². The van der Waals surface area contributed by atoms with Gasteiger partial charge in [-0.15, -0.1) is 4.76 Å². The van der Waals surface area contributed by atoms with Gasteiger partial charge in [0, 0.05) is 19.9 Å². The Kier molecular flexibility index (Phi) is 15.5. The Bertz CT molecular complexity index is 1110. The van der Waals surface area contributed by atoms with E-state index in [9.17, 15) is 18.9 Å². The van der Waals surface area contributed by atoms with Gasteiger partial charge in [0.2, 0.25) is 5.96 Å². The van der Waals surface area contributed by atoms with Gasteiger partial charge in [-0.05, 0) is 11.1 Å². The number of carbonyl (C=O) groups is 3. The van der Waals surface area contributed by atoms with Gasteiger partial charge in [0.05, 0.1) is 33.5 Å². The maximum atomic E-state index is 13.3. The number of ether oxygens (including phenoxy) is 5. The lowest BCUT2D eigenvalue weighted by Crippen LogP contribution is -2.38. The molecule has 42 heavy (non-hydrogen) atoms. The molecule has 15 heteroatoms. The smallest absolute Gasteiger partial charge is 0.468 e. The lowest BCUT2D eigenvalue weighted by molar-refractivity contribution is -0.140. The van der Waals surface area contributed by atoms with Crippen LogP contribution < -0.4 is 5.73 Å². The second kappa shape index (κ2) is 19.1. The number of guanidine groups is 1. The van der Waals surface area contributed by atoms with Crippen LogP contribution in [0.4, 0.5) is 9.59 Å². The zero-order valence-electron chi connectivity index (χ0n) is 23.5. The Morgan fingerprint density at radius 3 is 1.64 bits per heavy atom. The Balaban J connectivity index is 1.79. The number of carbonyl (C=O) groups excluding carboxylic acids is 3. The van der Waals surface area contributed by atoms with Crippen LogP contribution in [0.25, 0.3) is 0 Å². The van der Waals surface area contributed by atoms with Crippen LogP contribution in [-0.4, -0.2) is 76.3 Å². The van der Waals surface area contributed by atoms with E-state index in [-0.39, 0.29) is 65.0 Å². The summed E-state index contributed by atoms with van der Waals surface area (Å²) in [6.45, 7) is -0.681. The topological polar surface area (TPSA) is 175 Å². The average Bonchev–Trinajstić information content (AvgIpc) is 2.99. The summed E-state index contributed by atoms with van der Waals surface area (Å²) in [5, 5.41) is 0. The van der Waals surface area contributed by atoms with Crippen molar-refractivity contribution in [3.63, 3.8) is 0 Å². The van der Waals surface area contributed by atoms with E-state index >= 15 is 0 Å². The molecule has 0 heterocycles. The predicted octanol–water partition coefficient (Wildman–Crippen LogP) is 4.03. The summed E-state index contributed by atoms with van der Waals surface area (Å²) in [5.74, 6) is -0.898. The third-order valence-corrected chi connectivity index (χ3v) is 6.60. The van der Waals surface area contributed by atoms with Crippen molar-refractivity contribution in [2.24, 2.45) is 10.5 Å². The van der Waals surface area contributed by atoms with E-state index in [0.29, 0.717) is 0 Å². The van der Waals surface area contributed by atoms with Crippen LogP contribution in [0.2, 0.25) is 0 Å². The molecule has 0 bridgehead atoms. The van der Waals surface area contributed by atoms with Crippen LogP contribution in [0.15, 0.2) is 65.4 Å². The average molecular weight is 610 g/mol. The molecule has 0 amide bonds. The Morgan fingerprint density at radius 1 is 0.762 bits per heavy atom. The molecule has 0 aromatic heterocycles. The number of rotatable bonds is 17. The molecule has 230 valence electrons. The Hall–Kier alpha value is -4.13. The third-order valence-electron chi connectivity index (χ3n) is 5.14. The fourth-order valence-corrected chi connectivity index (χ4v) is 4.25. The third kappa shape index (κ3) is 14.5. The fourth-order valence-electron chi connectivity index (χ4n) is 2.94. The van der Waals surface area contributed by atoms with E-state index in [1.807, 2.05) is 36.4 Å². The molecule has 0 radical (unpaired) electrons. The van der Waals surface area contributed by atoms with Crippen LogP contribution in [-0.2, 0) is 55.3 Å². The number of nitrogens with two attached hydrogens (primary N) is 1. The maximum absolute atomic E-state index is 13.3. The highest BCUT2D eigenvalue weighted by Crippen LogP contribution is 2.50. The number of hydrogen-bond donors (Lipinski definition) is 1. The molecule has 0 fully saturated rings. The summed E-state index contributed by atoms with van der Waals surface area (Å²) in [4.78, 5) is 36.3. The highest BCUT2D eigenvalue weighted by Gasteiger charge is 2.26. The lowest BCUT2D eigenvalue weighted by atomic mass is 10.2. The summed E-state index contributed by atoms with van der Waals surface area (Å²) in [5.41, 5.74) is 7.48. The van der Waals surface area contributed by atoms with Crippen molar-refractivity contribution >= 4 is 32.0 Å². The van der Waals surface area contributed by atoms with Crippen molar-refractivity contribution in [2.45, 2.75) is 26.1 Å². The molecular weight excluding hydrogens is 573 g/mol. The van der Waals surface area contributed by atoms with Crippen LogP contribution in [0.3, 0.4) is 0 Å². The van der Waals surface area contributed by atoms with Crippen molar-refractivity contribution in [1.29, 1.82) is 0 Å². The van der Waals surface area contributed by atoms with Crippen molar-refractivity contribution in [3.05, 3.63) is 71.8 Å². The van der Waals surface area contributed by atoms with E-state index in [1.54, 1.807) is 24.3 Å². The van der Waals surface area contributed by atoms with Gasteiger partial charge in [-0.3, -0.25) is 13.8 Å². The minimum absolute atomic E-state index is 0.0563. The molecule has 0 aliphatic carbocycles. The quantitative estimate of drug-likeness (QED) is 0.0680. The van der Waals surface area contributed by atoms with Crippen LogP contribution in [0.1, 0.15) is 24.0 Å².